The number of nitro benzene ring substituents is 1. The summed E-state index contributed by atoms with van der Waals surface area (Å²) in [4.78, 5) is 27.2. The number of aryl methyl sites for hydroxylation is 2. The largest absolute Gasteiger partial charge is 0.359 e. The second-order valence-electron chi connectivity index (χ2n) is 6.20. The molecule has 0 atom stereocenters. The monoisotopic (exact) mass is 361 g/mol. The number of anilines is 1. The normalized spacial score (nSPS) is 11.3. The molecule has 0 unspecified atom stereocenters. The lowest BCUT2D eigenvalue weighted by Gasteiger charge is -2.10. The quantitative estimate of drug-likeness (QED) is 0.391. The molecular weight excluding hydrogens is 342 g/mol. The van der Waals surface area contributed by atoms with Crippen LogP contribution in [0, 0.1) is 24.0 Å². The highest BCUT2D eigenvalue weighted by atomic mass is 16.6. The molecule has 2 aromatic carbocycles. The van der Waals surface area contributed by atoms with E-state index in [0.29, 0.717) is 5.69 Å². The van der Waals surface area contributed by atoms with E-state index in [4.69, 9.17) is 0 Å². The summed E-state index contributed by atoms with van der Waals surface area (Å²) in [6.07, 6.45) is 1.66. The van der Waals surface area contributed by atoms with Gasteiger partial charge in [-0.1, -0.05) is 30.3 Å². The molecular formula is C21H19N3O3. The summed E-state index contributed by atoms with van der Waals surface area (Å²) in [5, 5.41) is 14.3. The van der Waals surface area contributed by atoms with Crippen molar-refractivity contribution >= 4 is 28.9 Å². The number of aromatic amines is 1. The van der Waals surface area contributed by atoms with Crippen LogP contribution >= 0.6 is 0 Å². The van der Waals surface area contributed by atoms with Gasteiger partial charge in [-0.25, -0.2) is 0 Å². The Hall–Kier alpha value is -3.67. The molecule has 1 amide bonds. The lowest BCUT2D eigenvalue weighted by atomic mass is 10.0. The van der Waals surface area contributed by atoms with Crippen LogP contribution in [0.2, 0.25) is 0 Å². The fourth-order valence-corrected chi connectivity index (χ4v) is 2.89. The highest BCUT2D eigenvalue weighted by molar-refractivity contribution is 6.30. The number of H-pyrrole nitrogens is 1. The van der Waals surface area contributed by atoms with Gasteiger partial charge in [0, 0.05) is 23.1 Å². The van der Waals surface area contributed by atoms with Gasteiger partial charge in [-0.15, -0.1) is 0 Å². The van der Waals surface area contributed by atoms with Crippen molar-refractivity contribution < 1.29 is 9.72 Å². The lowest BCUT2D eigenvalue weighted by molar-refractivity contribution is -0.385. The number of hydrogen-bond acceptors (Lipinski definition) is 3. The Labute approximate surface area is 156 Å². The molecule has 0 saturated heterocycles. The third-order valence-corrected chi connectivity index (χ3v) is 4.15. The maximum atomic E-state index is 13.0. The Kier molecular flexibility index (Phi) is 5.17. The number of hydrogen-bond donors (Lipinski definition) is 2. The molecule has 1 aromatic heterocycles. The van der Waals surface area contributed by atoms with Crippen LogP contribution in [0.15, 0.2) is 60.7 Å². The maximum Gasteiger partial charge on any atom is 0.277 e. The molecule has 0 fully saturated rings. The topological polar surface area (TPSA) is 88.0 Å². The average Bonchev–Trinajstić information content (AvgIpc) is 2.97. The fourth-order valence-electron chi connectivity index (χ4n) is 2.89. The van der Waals surface area contributed by atoms with E-state index < -0.39 is 10.8 Å². The third-order valence-electron chi connectivity index (χ3n) is 4.15. The van der Waals surface area contributed by atoms with E-state index in [0.717, 1.165) is 17.0 Å². The smallest absolute Gasteiger partial charge is 0.277 e. The molecule has 0 aliphatic rings. The number of nitro groups is 1. The van der Waals surface area contributed by atoms with Gasteiger partial charge in [0.25, 0.3) is 11.6 Å². The van der Waals surface area contributed by atoms with Gasteiger partial charge in [-0.2, -0.15) is 0 Å². The van der Waals surface area contributed by atoms with E-state index in [1.807, 2.05) is 38.1 Å². The second kappa shape index (κ2) is 7.70. The van der Waals surface area contributed by atoms with Gasteiger partial charge < -0.3 is 10.3 Å². The van der Waals surface area contributed by atoms with E-state index in [2.05, 4.69) is 10.3 Å². The molecule has 3 aromatic rings. The summed E-state index contributed by atoms with van der Waals surface area (Å²) in [6, 6.07) is 17.2. The minimum atomic E-state index is -0.480. The molecule has 0 spiro atoms. The fraction of sp³-hybridized carbons (Fsp3) is 0.0952. The van der Waals surface area contributed by atoms with Gasteiger partial charge in [-0.05, 0) is 49.8 Å². The first-order valence-corrected chi connectivity index (χ1v) is 8.44. The van der Waals surface area contributed by atoms with E-state index in [9.17, 15) is 14.9 Å². The van der Waals surface area contributed by atoms with Crippen LogP contribution in [0.25, 0.3) is 11.6 Å². The van der Waals surface area contributed by atoms with Crippen LogP contribution < -0.4 is 5.32 Å². The minimum Gasteiger partial charge on any atom is -0.359 e. The molecule has 0 bridgehead atoms. The van der Waals surface area contributed by atoms with Gasteiger partial charge in [0.2, 0.25) is 0 Å². The van der Waals surface area contributed by atoms with Crippen molar-refractivity contribution in [3.05, 3.63) is 93.3 Å². The highest BCUT2D eigenvalue weighted by Gasteiger charge is 2.22. The van der Waals surface area contributed by atoms with Crippen molar-refractivity contribution in [2.24, 2.45) is 0 Å². The zero-order chi connectivity index (χ0) is 19.4. The number of nitrogens with zero attached hydrogens (tertiary/aromatic N) is 1. The zero-order valence-electron chi connectivity index (χ0n) is 15.0. The van der Waals surface area contributed by atoms with Crippen LogP contribution in [0.1, 0.15) is 22.5 Å². The molecule has 3 rings (SSSR count). The molecule has 0 aliphatic heterocycles. The molecule has 6 nitrogen and oxygen atoms in total. The van der Waals surface area contributed by atoms with Crippen molar-refractivity contribution in [2.45, 2.75) is 13.8 Å². The van der Waals surface area contributed by atoms with Crippen molar-refractivity contribution in [2.75, 3.05) is 5.32 Å². The predicted molar refractivity (Wildman–Crippen MR) is 106 cm³/mol. The molecule has 6 heteroatoms. The molecule has 1 heterocycles. The zero-order valence-corrected chi connectivity index (χ0v) is 15.0. The molecule has 0 aliphatic carbocycles. The summed E-state index contributed by atoms with van der Waals surface area (Å²) in [5.74, 6) is -0.415. The van der Waals surface area contributed by atoms with Gasteiger partial charge in [0.15, 0.2) is 0 Å². The number of aromatic nitrogens is 1. The summed E-state index contributed by atoms with van der Waals surface area (Å²) >= 11 is 0. The maximum absolute atomic E-state index is 13.0. The summed E-state index contributed by atoms with van der Waals surface area (Å²) in [6.45, 7) is 3.83. The number of nitrogens with one attached hydrogen (secondary N) is 2. The molecule has 2 N–H and O–H groups in total. The number of carbonyl (C=O) groups excluding carboxylic acids is 1. The number of benzene rings is 2. The van der Waals surface area contributed by atoms with Gasteiger partial charge in [-0.3, -0.25) is 14.9 Å². The van der Waals surface area contributed by atoms with Crippen molar-refractivity contribution in [1.29, 1.82) is 0 Å². The minimum absolute atomic E-state index is 0.118. The van der Waals surface area contributed by atoms with Crippen LogP contribution in [-0.2, 0) is 4.79 Å². The van der Waals surface area contributed by atoms with Crippen LogP contribution in [0.5, 0.6) is 0 Å². The molecule has 0 saturated carbocycles. The Morgan fingerprint density at radius 3 is 2.37 bits per heavy atom. The highest BCUT2D eigenvalue weighted by Crippen LogP contribution is 2.29. The van der Waals surface area contributed by atoms with Crippen molar-refractivity contribution in [3.8, 4) is 0 Å². The van der Waals surface area contributed by atoms with Gasteiger partial charge >= 0.3 is 0 Å². The molecule has 136 valence electrons. The Balaban J connectivity index is 2.11. The van der Waals surface area contributed by atoms with E-state index in [1.165, 1.54) is 6.07 Å². The van der Waals surface area contributed by atoms with Crippen molar-refractivity contribution in [1.82, 2.24) is 4.98 Å². The number of para-hydroxylation sites is 2. The van der Waals surface area contributed by atoms with E-state index >= 15 is 0 Å². The average molecular weight is 361 g/mol. The SMILES string of the molecule is Cc1cc(C)c(/C=C(\C(=O)Nc2ccccc2)c2ccccc2[N+](=O)[O-])[nH]1. The Morgan fingerprint density at radius 1 is 1.07 bits per heavy atom. The standard InChI is InChI=1S/C21H19N3O3/c1-14-12-15(2)22-19(14)13-18(17-10-6-7-11-20(17)24(26)27)21(25)23-16-8-4-3-5-9-16/h3-13,22H,1-2H3,(H,23,25)/b18-13-. The lowest BCUT2D eigenvalue weighted by Crippen LogP contribution is -2.14. The van der Waals surface area contributed by atoms with Gasteiger partial charge in [0.05, 0.1) is 16.1 Å². The molecule has 0 radical (unpaired) electrons. The van der Waals surface area contributed by atoms with Crippen LogP contribution in [-0.4, -0.2) is 15.8 Å². The third kappa shape index (κ3) is 4.12. The summed E-state index contributed by atoms with van der Waals surface area (Å²) in [7, 11) is 0. The first-order chi connectivity index (χ1) is 13.0. The number of rotatable bonds is 5. The molecule has 27 heavy (non-hydrogen) atoms. The van der Waals surface area contributed by atoms with E-state index in [1.54, 1.807) is 36.4 Å². The van der Waals surface area contributed by atoms with Crippen LogP contribution in [0.4, 0.5) is 11.4 Å². The predicted octanol–water partition coefficient (Wildman–Crippen LogP) is 4.72. The van der Waals surface area contributed by atoms with Gasteiger partial charge in [0.1, 0.15) is 0 Å². The number of amides is 1. The Bertz CT molecular complexity index is 1020. The first-order valence-electron chi connectivity index (χ1n) is 8.44. The van der Waals surface area contributed by atoms with Crippen molar-refractivity contribution in [3.63, 3.8) is 0 Å². The number of carbonyl (C=O) groups is 1. The van der Waals surface area contributed by atoms with Crippen LogP contribution in [0.3, 0.4) is 0 Å². The second-order valence-corrected chi connectivity index (χ2v) is 6.20. The first kappa shape index (κ1) is 18.1. The van der Waals surface area contributed by atoms with E-state index in [-0.39, 0.29) is 16.8 Å². The summed E-state index contributed by atoms with van der Waals surface area (Å²) < 4.78 is 0. The summed E-state index contributed by atoms with van der Waals surface area (Å²) in [5.41, 5.74) is 3.63. The Morgan fingerprint density at radius 2 is 1.74 bits per heavy atom.